The summed E-state index contributed by atoms with van der Waals surface area (Å²) >= 11 is 11.9. The van der Waals surface area contributed by atoms with Gasteiger partial charge in [0.1, 0.15) is 32.7 Å². The van der Waals surface area contributed by atoms with Crippen molar-refractivity contribution in [2.75, 3.05) is 19.5 Å². The summed E-state index contributed by atoms with van der Waals surface area (Å²) in [6.07, 6.45) is 0. The average Bonchev–Trinajstić information content (AvgIpc) is 3.33. The van der Waals surface area contributed by atoms with Gasteiger partial charge in [-0.3, -0.25) is 18.9 Å². The number of azo groups is 2. The Morgan fingerprint density at radius 3 is 1.59 bits per heavy atom. The molecule has 0 saturated carbocycles. The Kier molecular flexibility index (Phi) is 17.8. The maximum Gasteiger partial charge on any atom is 2.00 e. The third-order valence-electron chi connectivity index (χ3n) is 10.8. The zero-order chi connectivity index (χ0) is 52.1. The van der Waals surface area contributed by atoms with Crippen molar-refractivity contribution < 1.29 is 55.5 Å². The molecule has 0 fully saturated rings. The van der Waals surface area contributed by atoms with E-state index >= 15 is 0 Å². The van der Waals surface area contributed by atoms with Crippen molar-refractivity contribution >= 4 is 149 Å². The largest absolute Gasteiger partial charge is 2.00 e. The minimum absolute atomic E-state index is 0. The molecule has 0 aliphatic rings. The number of phenols is 1. The number of phenolic OH excluding ortho intramolecular Hbond substituents is 1. The molecule has 0 unspecified atom stereocenters. The number of methoxy groups -OCH3 is 2. The maximum atomic E-state index is 13.3. The summed E-state index contributed by atoms with van der Waals surface area (Å²) in [5, 5.41) is 58.2. The second-order valence-electron chi connectivity index (χ2n) is 15.3. The van der Waals surface area contributed by atoms with Crippen LogP contribution in [0.2, 0.25) is 10.0 Å². The van der Waals surface area contributed by atoms with Crippen molar-refractivity contribution in [3.8, 4) is 23.0 Å². The number of carbonyl (C=O) groups excluding carboxylic acids is 1. The smallest absolute Gasteiger partial charge is 0.871 e. The molecular weight excluding hydrogens is 1050 g/mol. The molecule has 4 N–H and O–H groups in total. The molecule has 8 aromatic carbocycles. The molecule has 368 valence electrons. The van der Waals surface area contributed by atoms with Crippen LogP contribution in [0.1, 0.15) is 27.0 Å². The molecule has 0 atom stereocenters. The molecule has 8 rings (SSSR count). The number of nitrogens with one attached hydrogen (secondary N) is 1. The standard InChI is InChI=1S/2C25H20ClN3O6S.Ca/c2*1-14-19(12-11-18(26)24(14)36(32,33)34)28-29-22-16-8-4-3-7-15(16)13-17(23(22)30)25(31)27-20-9-5-6-10-21(20)35-2;/h2*3-13,30H,1-2H3,(H,27,31)(H,32,33,34);/q;;+2/p-2. The summed E-state index contributed by atoms with van der Waals surface area (Å²) in [5.74, 6) is -1.71. The topological polar surface area (TPSA) is 284 Å². The van der Waals surface area contributed by atoms with Crippen LogP contribution in [0.5, 0.6) is 23.0 Å². The molecule has 1 amide bonds. The number of ether oxygens (including phenoxy) is 2. The molecule has 0 saturated heterocycles. The van der Waals surface area contributed by atoms with Crippen molar-refractivity contribution in [2.24, 2.45) is 25.4 Å². The summed E-state index contributed by atoms with van der Waals surface area (Å²) in [6.45, 7) is 2.81. The van der Waals surface area contributed by atoms with Gasteiger partial charge in [-0.15, -0.1) is 5.11 Å². The van der Waals surface area contributed by atoms with E-state index in [4.69, 9.17) is 32.7 Å². The zero-order valence-electron chi connectivity index (χ0n) is 38.7. The van der Waals surface area contributed by atoms with Crippen LogP contribution in [-0.2, 0) is 20.2 Å². The molecule has 73 heavy (non-hydrogen) atoms. The van der Waals surface area contributed by atoms with Crippen LogP contribution in [0.3, 0.4) is 0 Å². The molecule has 0 bridgehead atoms. The number of nitrogens with zero attached hydrogens (tertiary/aromatic N) is 5. The third-order valence-corrected chi connectivity index (χ3v) is 13.7. The van der Waals surface area contributed by atoms with Gasteiger partial charge in [-0.25, -0.2) is 0 Å². The number of para-hydroxylation sites is 4. The van der Waals surface area contributed by atoms with Crippen molar-refractivity contribution in [1.82, 2.24) is 0 Å². The third kappa shape index (κ3) is 12.4. The Hall–Kier alpha value is -6.72. The number of aromatic hydroxyl groups is 1. The molecule has 18 nitrogen and oxygen atoms in total. The average molecular weight is 1090 g/mol. The molecule has 23 heteroatoms. The van der Waals surface area contributed by atoms with Gasteiger partial charge in [0.2, 0.25) is 0 Å². The van der Waals surface area contributed by atoms with Crippen molar-refractivity contribution in [1.29, 1.82) is 0 Å². The SMILES string of the molecule is COc1ccccc1N=C([O-])c1cc2ccccc2c(N=Nc2ccc(Cl)c(S(=O)(=O)O)c2C)c1[O-].COc1ccccc1NC(=O)c1cc2ccccc2c(N=Nc2ccc(Cl)c(S(=O)(=O)O)c2C)c1O.[Ca+2]. The Morgan fingerprint density at radius 1 is 0.603 bits per heavy atom. The molecule has 0 radical (unpaired) electrons. The van der Waals surface area contributed by atoms with Crippen LogP contribution < -0.4 is 25.0 Å². The van der Waals surface area contributed by atoms with E-state index in [9.17, 15) is 46.1 Å². The number of carbonyl (C=O) groups is 1. The number of halogens is 2. The summed E-state index contributed by atoms with van der Waals surface area (Å²) in [4.78, 5) is 16.2. The predicted octanol–water partition coefficient (Wildman–Crippen LogP) is 11.0. The number of amides is 1. The summed E-state index contributed by atoms with van der Waals surface area (Å²) < 4.78 is 76.5. The Balaban J connectivity index is 0.000000235. The van der Waals surface area contributed by atoms with E-state index in [1.165, 1.54) is 64.5 Å². The molecule has 0 heterocycles. The summed E-state index contributed by atoms with van der Waals surface area (Å²) in [5.41, 5.74) is 0.540. The number of aliphatic imine (C=N–C) groups is 1. The van der Waals surface area contributed by atoms with Crippen LogP contribution in [0.15, 0.2) is 169 Å². The Morgan fingerprint density at radius 2 is 1.05 bits per heavy atom. The van der Waals surface area contributed by atoms with E-state index in [1.54, 1.807) is 97.1 Å². The molecule has 0 spiro atoms. The fraction of sp³-hybridized carbons (Fsp3) is 0.0800. The predicted molar refractivity (Wildman–Crippen MR) is 275 cm³/mol. The van der Waals surface area contributed by atoms with Crippen molar-refractivity contribution in [3.05, 3.63) is 166 Å². The van der Waals surface area contributed by atoms with Gasteiger partial charge in [0.25, 0.3) is 26.1 Å². The fourth-order valence-corrected chi connectivity index (χ4v) is 9.95. The van der Waals surface area contributed by atoms with Gasteiger partial charge in [-0.2, -0.15) is 32.2 Å². The van der Waals surface area contributed by atoms with Gasteiger partial charge in [0, 0.05) is 10.8 Å². The molecule has 0 aliphatic carbocycles. The second kappa shape index (κ2) is 23.4. The molecular formula is C50H38CaCl2N6O12S2. The molecule has 8 aromatic rings. The van der Waals surface area contributed by atoms with Gasteiger partial charge in [-0.05, 0) is 108 Å². The zero-order valence-corrected chi connectivity index (χ0v) is 44.1. The first-order valence-corrected chi connectivity index (χ1v) is 24.5. The van der Waals surface area contributed by atoms with E-state index in [-0.39, 0.29) is 98.5 Å². The first-order chi connectivity index (χ1) is 34.2. The van der Waals surface area contributed by atoms with Gasteiger partial charge >= 0.3 is 37.7 Å². The van der Waals surface area contributed by atoms with Crippen LogP contribution >= 0.6 is 23.2 Å². The Bertz CT molecular complexity index is 3790. The van der Waals surface area contributed by atoms with E-state index < -0.39 is 53.3 Å². The van der Waals surface area contributed by atoms with Crippen LogP contribution in [0, 0.1) is 13.8 Å². The van der Waals surface area contributed by atoms with E-state index in [1.807, 2.05) is 0 Å². The number of hydrogen-bond acceptors (Lipinski definition) is 15. The molecule has 0 aliphatic heterocycles. The number of benzene rings is 8. The summed E-state index contributed by atoms with van der Waals surface area (Å²) in [6, 6.07) is 35.5. The van der Waals surface area contributed by atoms with Crippen LogP contribution in [0.25, 0.3) is 21.5 Å². The summed E-state index contributed by atoms with van der Waals surface area (Å²) in [7, 11) is -6.32. The monoisotopic (exact) mass is 1090 g/mol. The minimum atomic E-state index is -4.63. The number of hydrogen-bond donors (Lipinski definition) is 4. The maximum absolute atomic E-state index is 13.3. The quantitative estimate of drug-likeness (QED) is 0.0292. The number of anilines is 1. The number of rotatable bonds is 12. The van der Waals surface area contributed by atoms with E-state index in [0.29, 0.717) is 38.7 Å². The molecule has 0 aromatic heterocycles. The Labute approximate surface area is 457 Å². The van der Waals surface area contributed by atoms with E-state index in [2.05, 4.69) is 30.8 Å². The number of fused-ring (bicyclic) bond motifs is 2. The fourth-order valence-electron chi connectivity index (χ4n) is 7.34. The van der Waals surface area contributed by atoms with Gasteiger partial charge in [-0.1, -0.05) is 102 Å². The van der Waals surface area contributed by atoms with Gasteiger partial charge in [0.15, 0.2) is 5.75 Å². The van der Waals surface area contributed by atoms with Crippen molar-refractivity contribution in [2.45, 2.75) is 23.6 Å². The first-order valence-electron chi connectivity index (χ1n) is 20.9. The van der Waals surface area contributed by atoms with Crippen molar-refractivity contribution in [3.63, 3.8) is 0 Å². The van der Waals surface area contributed by atoms with E-state index in [0.717, 1.165) is 0 Å². The second-order valence-corrected chi connectivity index (χ2v) is 18.8. The van der Waals surface area contributed by atoms with Gasteiger partial charge in [0.05, 0.1) is 52.6 Å². The van der Waals surface area contributed by atoms with Crippen LogP contribution in [-0.4, -0.2) is 94.8 Å². The first kappa shape index (κ1) is 55.6. The van der Waals surface area contributed by atoms with Gasteiger partial charge < -0.3 is 30.1 Å². The normalized spacial score (nSPS) is 11.9. The van der Waals surface area contributed by atoms with Crippen LogP contribution in [0.4, 0.5) is 34.1 Å². The minimum Gasteiger partial charge on any atom is -0.871 e.